The predicted molar refractivity (Wildman–Crippen MR) is 83.6 cm³/mol. The van der Waals surface area contributed by atoms with E-state index in [9.17, 15) is 4.91 Å². The normalized spacial score (nSPS) is 17.8. The van der Waals surface area contributed by atoms with Gasteiger partial charge in [-0.15, -0.1) is 0 Å². The van der Waals surface area contributed by atoms with Crippen LogP contribution in [0.3, 0.4) is 0 Å². The van der Waals surface area contributed by atoms with Gasteiger partial charge in [-0.2, -0.15) is 5.10 Å². The summed E-state index contributed by atoms with van der Waals surface area (Å²) in [4.78, 5) is 16.7. The maximum Gasteiger partial charge on any atom is 0.348 e. The SMILES string of the molecule is CC1c2ccccc2N=C(CSc2n[nH]c(=S)s2)[N+]1=O. The largest absolute Gasteiger partial charge is 0.348 e. The van der Waals surface area contributed by atoms with Crippen molar-refractivity contribution in [1.82, 2.24) is 10.2 Å². The topological polar surface area (TPSA) is 61.1 Å². The number of fused-ring (bicyclic) bond motifs is 1. The molecule has 1 aliphatic rings. The number of nitrogens with one attached hydrogen (secondary N) is 1. The summed E-state index contributed by atoms with van der Waals surface area (Å²) < 4.78 is 2.43. The van der Waals surface area contributed by atoms with Crippen LogP contribution in [0.15, 0.2) is 33.6 Å². The number of thioether (sulfide) groups is 1. The summed E-state index contributed by atoms with van der Waals surface area (Å²) in [6.45, 7) is 1.89. The molecular formula is C12H11N4OS3+. The summed E-state index contributed by atoms with van der Waals surface area (Å²) in [5.41, 5.74) is 1.84. The van der Waals surface area contributed by atoms with E-state index in [1.54, 1.807) is 0 Å². The van der Waals surface area contributed by atoms with E-state index in [4.69, 9.17) is 12.2 Å². The van der Waals surface area contributed by atoms with Gasteiger partial charge in [-0.3, -0.25) is 5.10 Å². The monoisotopic (exact) mass is 323 g/mol. The van der Waals surface area contributed by atoms with Crippen LogP contribution in [0.4, 0.5) is 5.69 Å². The molecule has 1 aromatic carbocycles. The highest BCUT2D eigenvalue weighted by Crippen LogP contribution is 2.33. The number of para-hydroxylation sites is 1. The number of amidine groups is 1. The van der Waals surface area contributed by atoms with E-state index in [1.165, 1.54) is 23.1 Å². The number of nitroso groups, excluding NO2 is 1. The molecule has 1 unspecified atom stereocenters. The summed E-state index contributed by atoms with van der Waals surface area (Å²) in [5, 5.41) is 6.79. The Morgan fingerprint density at radius 3 is 3.05 bits per heavy atom. The molecule has 5 nitrogen and oxygen atoms in total. The van der Waals surface area contributed by atoms with Crippen LogP contribution in [-0.4, -0.2) is 26.5 Å². The molecule has 0 bridgehead atoms. The number of nitrogens with zero attached hydrogens (tertiary/aromatic N) is 3. The van der Waals surface area contributed by atoms with Crippen molar-refractivity contribution >= 4 is 46.8 Å². The average Bonchev–Trinajstić information content (AvgIpc) is 2.87. The lowest BCUT2D eigenvalue weighted by Crippen LogP contribution is -2.26. The van der Waals surface area contributed by atoms with Gasteiger partial charge >= 0.3 is 5.84 Å². The van der Waals surface area contributed by atoms with Gasteiger partial charge in [0.15, 0.2) is 20.0 Å². The van der Waals surface area contributed by atoms with Crippen molar-refractivity contribution in [2.24, 2.45) is 4.99 Å². The fourth-order valence-electron chi connectivity index (χ4n) is 1.98. The summed E-state index contributed by atoms with van der Waals surface area (Å²) >= 11 is 7.85. The van der Waals surface area contributed by atoms with Gasteiger partial charge in [0.25, 0.3) is 0 Å². The van der Waals surface area contributed by atoms with Gasteiger partial charge in [0.2, 0.25) is 0 Å². The van der Waals surface area contributed by atoms with E-state index in [2.05, 4.69) is 15.2 Å². The summed E-state index contributed by atoms with van der Waals surface area (Å²) in [5.74, 6) is 1.00. The number of aromatic nitrogens is 2. The molecule has 1 aromatic heterocycles. The first kappa shape index (κ1) is 13.6. The minimum absolute atomic E-state index is 0.211. The lowest BCUT2D eigenvalue weighted by molar-refractivity contribution is -0.480. The summed E-state index contributed by atoms with van der Waals surface area (Å²) in [6.07, 6.45) is 0. The average molecular weight is 323 g/mol. The van der Waals surface area contributed by atoms with Gasteiger partial charge in [-0.25, -0.2) is 0 Å². The fourth-order valence-corrected chi connectivity index (χ4v) is 3.98. The Kier molecular flexibility index (Phi) is 3.77. The summed E-state index contributed by atoms with van der Waals surface area (Å²) in [7, 11) is 0. The predicted octanol–water partition coefficient (Wildman–Crippen LogP) is 3.88. The molecule has 0 spiro atoms. The minimum atomic E-state index is -0.211. The van der Waals surface area contributed by atoms with Crippen LogP contribution < -0.4 is 0 Å². The van der Waals surface area contributed by atoms with Crippen molar-refractivity contribution in [3.8, 4) is 0 Å². The standard InChI is InChI=1S/C12H10N4OS3/c1-7-8-4-2-3-5-9(8)13-10(16(7)17)6-19-12-15-14-11(18)20-12/h2-5,7H,6H2,1H3/p+1. The van der Waals surface area contributed by atoms with Crippen molar-refractivity contribution < 1.29 is 4.76 Å². The lowest BCUT2D eigenvalue weighted by Gasteiger charge is -2.13. The van der Waals surface area contributed by atoms with Gasteiger partial charge < -0.3 is 0 Å². The first-order valence-corrected chi connectivity index (χ1v) is 8.17. The third-order valence-electron chi connectivity index (χ3n) is 2.99. The zero-order chi connectivity index (χ0) is 14.1. The molecule has 102 valence electrons. The number of benzene rings is 1. The number of rotatable bonds is 3. The van der Waals surface area contributed by atoms with Crippen molar-refractivity contribution in [3.63, 3.8) is 0 Å². The second-order valence-corrected chi connectivity index (χ2v) is 7.14. The van der Waals surface area contributed by atoms with E-state index >= 15 is 0 Å². The van der Waals surface area contributed by atoms with Gasteiger partial charge in [-0.05, 0) is 35.0 Å². The third kappa shape index (κ3) is 2.58. The van der Waals surface area contributed by atoms with E-state index in [0.717, 1.165) is 20.4 Å². The van der Waals surface area contributed by atoms with E-state index in [1.807, 2.05) is 31.2 Å². The van der Waals surface area contributed by atoms with Crippen molar-refractivity contribution in [3.05, 3.63) is 38.7 Å². The molecule has 0 saturated carbocycles. The molecule has 2 heterocycles. The maximum atomic E-state index is 12.2. The molecule has 20 heavy (non-hydrogen) atoms. The molecule has 0 aliphatic carbocycles. The number of aromatic amines is 1. The van der Waals surface area contributed by atoms with E-state index in [0.29, 0.717) is 15.5 Å². The Labute approximate surface area is 128 Å². The Morgan fingerprint density at radius 1 is 1.50 bits per heavy atom. The van der Waals surface area contributed by atoms with Gasteiger partial charge in [0, 0.05) is 0 Å². The number of aliphatic imine (C=N–C) groups is 1. The van der Waals surface area contributed by atoms with Crippen LogP contribution in [0.2, 0.25) is 0 Å². The van der Waals surface area contributed by atoms with E-state index < -0.39 is 0 Å². The number of H-pyrrole nitrogens is 1. The molecule has 0 fully saturated rings. The Hall–Kier alpha value is -1.38. The molecule has 0 radical (unpaired) electrons. The van der Waals surface area contributed by atoms with Crippen molar-refractivity contribution in [2.75, 3.05) is 5.75 Å². The molecule has 3 rings (SSSR count). The number of hydrogen-bond donors (Lipinski definition) is 1. The minimum Gasteiger partial charge on any atom is -0.257 e. The highest BCUT2D eigenvalue weighted by molar-refractivity contribution is 8.01. The maximum absolute atomic E-state index is 12.2. The quantitative estimate of drug-likeness (QED) is 0.529. The molecule has 8 heteroatoms. The van der Waals surface area contributed by atoms with Gasteiger partial charge in [-0.1, -0.05) is 46.2 Å². The smallest absolute Gasteiger partial charge is 0.257 e. The summed E-state index contributed by atoms with van der Waals surface area (Å²) in [6, 6.07) is 7.52. The van der Waals surface area contributed by atoms with Crippen molar-refractivity contribution in [2.45, 2.75) is 17.3 Å². The van der Waals surface area contributed by atoms with Crippen LogP contribution in [-0.2, 0) is 0 Å². The molecule has 2 aromatic rings. The molecule has 1 atom stereocenters. The molecule has 1 N–H and O–H groups in total. The van der Waals surface area contributed by atoms with Crippen LogP contribution in [0, 0.1) is 8.86 Å². The highest BCUT2D eigenvalue weighted by atomic mass is 32.2. The first-order valence-electron chi connectivity index (χ1n) is 5.96. The van der Waals surface area contributed by atoms with Crippen molar-refractivity contribution in [1.29, 1.82) is 0 Å². The Balaban J connectivity index is 1.84. The van der Waals surface area contributed by atoms with Crippen LogP contribution >= 0.6 is 35.3 Å². The third-order valence-corrected chi connectivity index (χ3v) is 5.21. The molecule has 0 saturated heterocycles. The van der Waals surface area contributed by atoms with Gasteiger partial charge in [0.05, 0.1) is 5.56 Å². The Morgan fingerprint density at radius 2 is 2.30 bits per heavy atom. The van der Waals surface area contributed by atoms with Crippen LogP contribution in [0.1, 0.15) is 18.5 Å². The molecular weight excluding hydrogens is 312 g/mol. The fraction of sp³-hybridized carbons (Fsp3) is 0.250. The van der Waals surface area contributed by atoms with E-state index in [-0.39, 0.29) is 6.04 Å². The van der Waals surface area contributed by atoms with Crippen LogP contribution in [0.25, 0.3) is 0 Å². The second kappa shape index (κ2) is 5.55. The zero-order valence-electron chi connectivity index (χ0n) is 10.6. The van der Waals surface area contributed by atoms with Crippen LogP contribution in [0.5, 0.6) is 0 Å². The number of hydrogen-bond acceptors (Lipinski definition) is 6. The zero-order valence-corrected chi connectivity index (χ0v) is 13.0. The first-order chi connectivity index (χ1) is 9.65. The Bertz CT molecular complexity index is 749. The second-order valence-electron chi connectivity index (χ2n) is 4.26. The highest BCUT2D eigenvalue weighted by Gasteiger charge is 2.34. The molecule has 0 amide bonds. The lowest BCUT2D eigenvalue weighted by atomic mass is 10.0. The molecule has 1 aliphatic heterocycles. The van der Waals surface area contributed by atoms with Gasteiger partial charge in [0.1, 0.15) is 5.75 Å².